The third-order valence-electron chi connectivity index (χ3n) is 3.95. The fraction of sp³-hybridized carbons (Fsp3) is 0.0500. The number of aromatic nitrogens is 2. The van der Waals surface area contributed by atoms with Crippen LogP contribution in [-0.2, 0) is 0 Å². The van der Waals surface area contributed by atoms with Crippen molar-refractivity contribution in [1.29, 1.82) is 0 Å². The van der Waals surface area contributed by atoms with Crippen LogP contribution in [0.5, 0.6) is 11.5 Å². The van der Waals surface area contributed by atoms with Gasteiger partial charge in [0, 0.05) is 23.2 Å². The minimum Gasteiger partial charge on any atom is -0.508 e. The number of phenolic OH excluding ortho intramolecular Hbond substituents is 2. The van der Waals surface area contributed by atoms with E-state index in [-0.39, 0.29) is 11.5 Å². The average molecular weight is 409 g/mol. The summed E-state index contributed by atoms with van der Waals surface area (Å²) in [6.45, 7) is 1.81. The molecule has 0 saturated carbocycles. The van der Waals surface area contributed by atoms with Gasteiger partial charge in [-0.15, -0.1) is 22.7 Å². The molecular formula is C20H16N4O2S2. The molecule has 0 bridgehead atoms. The summed E-state index contributed by atoms with van der Waals surface area (Å²) in [5.74, 6) is -0.0238. The summed E-state index contributed by atoms with van der Waals surface area (Å²) < 4.78 is 1.77. The van der Waals surface area contributed by atoms with Gasteiger partial charge in [-0.25, -0.2) is 9.67 Å². The molecule has 0 amide bonds. The van der Waals surface area contributed by atoms with E-state index in [9.17, 15) is 10.2 Å². The zero-order chi connectivity index (χ0) is 19.5. The van der Waals surface area contributed by atoms with Gasteiger partial charge in [-0.2, -0.15) is 5.10 Å². The Balaban J connectivity index is 1.88. The molecule has 3 aromatic heterocycles. The number of thiazole rings is 1. The number of benzene rings is 1. The number of thiophene rings is 1. The van der Waals surface area contributed by atoms with Crippen molar-refractivity contribution in [1.82, 2.24) is 9.66 Å². The van der Waals surface area contributed by atoms with E-state index in [1.807, 2.05) is 41.9 Å². The van der Waals surface area contributed by atoms with Crippen LogP contribution in [0.2, 0.25) is 0 Å². The van der Waals surface area contributed by atoms with Crippen molar-refractivity contribution in [3.05, 3.63) is 76.0 Å². The molecule has 0 aliphatic rings. The van der Waals surface area contributed by atoms with Gasteiger partial charge in [0.2, 0.25) is 4.80 Å². The summed E-state index contributed by atoms with van der Waals surface area (Å²) in [6.07, 6.45) is 3.39. The molecule has 0 spiro atoms. The Morgan fingerprint density at radius 2 is 2.00 bits per heavy atom. The average Bonchev–Trinajstić information content (AvgIpc) is 3.33. The van der Waals surface area contributed by atoms with E-state index in [0.717, 1.165) is 16.3 Å². The van der Waals surface area contributed by atoms with E-state index >= 15 is 0 Å². The first-order valence-electron chi connectivity index (χ1n) is 8.39. The number of nitrogens with zero attached hydrogens (tertiary/aromatic N) is 4. The summed E-state index contributed by atoms with van der Waals surface area (Å²) in [5, 5.41) is 28.4. The third kappa shape index (κ3) is 3.73. The van der Waals surface area contributed by atoms with Gasteiger partial charge in [-0.3, -0.25) is 4.98 Å². The molecule has 6 nitrogen and oxygen atoms in total. The molecule has 0 radical (unpaired) electrons. The summed E-state index contributed by atoms with van der Waals surface area (Å²) in [5.41, 5.74) is 2.79. The van der Waals surface area contributed by atoms with Crippen LogP contribution in [0.25, 0.3) is 10.6 Å². The second-order valence-corrected chi connectivity index (χ2v) is 7.69. The van der Waals surface area contributed by atoms with E-state index in [0.29, 0.717) is 16.1 Å². The van der Waals surface area contributed by atoms with Gasteiger partial charge >= 0.3 is 0 Å². The van der Waals surface area contributed by atoms with Crippen LogP contribution in [0.4, 0.5) is 5.69 Å². The van der Waals surface area contributed by atoms with Crippen LogP contribution < -0.4 is 4.80 Å². The monoisotopic (exact) mass is 408 g/mol. The number of pyridine rings is 1. The van der Waals surface area contributed by atoms with E-state index in [1.165, 1.54) is 23.5 Å². The van der Waals surface area contributed by atoms with Crippen molar-refractivity contribution in [2.24, 2.45) is 10.1 Å². The normalized spacial score (nSPS) is 12.5. The maximum atomic E-state index is 10.2. The van der Waals surface area contributed by atoms with Crippen LogP contribution in [0.15, 0.2) is 75.7 Å². The SMILES string of the molecule is CC(=Nn1c(-c2cccs2)csc1=Nc1cccnc1)c1ccc(O)cc1O. The number of hydrogen-bond acceptors (Lipinski definition) is 7. The lowest BCUT2D eigenvalue weighted by Crippen LogP contribution is -2.13. The lowest BCUT2D eigenvalue weighted by Gasteiger charge is -2.07. The van der Waals surface area contributed by atoms with E-state index in [4.69, 9.17) is 5.10 Å². The predicted molar refractivity (Wildman–Crippen MR) is 112 cm³/mol. The third-order valence-corrected chi connectivity index (χ3v) is 5.66. The predicted octanol–water partition coefficient (Wildman–Crippen LogP) is 4.59. The van der Waals surface area contributed by atoms with Crippen LogP contribution in [0.3, 0.4) is 0 Å². The highest BCUT2D eigenvalue weighted by molar-refractivity contribution is 7.14. The van der Waals surface area contributed by atoms with Crippen LogP contribution >= 0.6 is 22.7 Å². The molecule has 0 aliphatic heterocycles. The zero-order valence-corrected chi connectivity index (χ0v) is 16.5. The zero-order valence-electron chi connectivity index (χ0n) is 14.9. The minimum atomic E-state index is -0.0273. The van der Waals surface area contributed by atoms with Gasteiger partial charge < -0.3 is 10.2 Å². The Kier molecular flexibility index (Phi) is 5.05. The van der Waals surface area contributed by atoms with Crippen molar-refractivity contribution >= 4 is 34.1 Å². The second-order valence-electron chi connectivity index (χ2n) is 5.90. The van der Waals surface area contributed by atoms with Crippen LogP contribution in [0.1, 0.15) is 12.5 Å². The molecule has 0 unspecified atom stereocenters. The highest BCUT2D eigenvalue weighted by Crippen LogP contribution is 2.27. The quantitative estimate of drug-likeness (QED) is 0.485. The summed E-state index contributed by atoms with van der Waals surface area (Å²) >= 11 is 3.10. The first-order chi connectivity index (χ1) is 13.6. The van der Waals surface area contributed by atoms with E-state index in [2.05, 4.69) is 9.98 Å². The molecule has 8 heteroatoms. The summed E-state index contributed by atoms with van der Waals surface area (Å²) in [4.78, 5) is 10.5. The first kappa shape index (κ1) is 18.1. The maximum Gasteiger partial charge on any atom is 0.211 e. The summed E-state index contributed by atoms with van der Waals surface area (Å²) in [7, 11) is 0. The molecule has 140 valence electrons. The molecule has 0 saturated heterocycles. The van der Waals surface area contributed by atoms with Gasteiger partial charge in [-0.1, -0.05) is 6.07 Å². The first-order valence-corrected chi connectivity index (χ1v) is 10.1. The molecule has 2 N–H and O–H groups in total. The van der Waals surface area contributed by atoms with Crippen molar-refractivity contribution in [3.8, 4) is 22.1 Å². The second kappa shape index (κ2) is 7.79. The fourth-order valence-corrected chi connectivity index (χ4v) is 4.27. The fourth-order valence-electron chi connectivity index (χ4n) is 2.63. The highest BCUT2D eigenvalue weighted by atomic mass is 32.1. The highest BCUT2D eigenvalue weighted by Gasteiger charge is 2.11. The van der Waals surface area contributed by atoms with E-state index < -0.39 is 0 Å². The molecule has 0 aliphatic carbocycles. The van der Waals surface area contributed by atoms with Crippen molar-refractivity contribution in [2.75, 3.05) is 0 Å². The number of rotatable bonds is 4. The Morgan fingerprint density at radius 1 is 1.11 bits per heavy atom. The topological polar surface area (TPSA) is 83.0 Å². The Hall–Kier alpha value is -3.23. The van der Waals surface area contributed by atoms with Gasteiger partial charge in [-0.05, 0) is 42.6 Å². The van der Waals surface area contributed by atoms with Crippen molar-refractivity contribution in [3.63, 3.8) is 0 Å². The van der Waals surface area contributed by atoms with Crippen LogP contribution in [-0.4, -0.2) is 25.6 Å². The van der Waals surface area contributed by atoms with Gasteiger partial charge in [0.25, 0.3) is 0 Å². The van der Waals surface area contributed by atoms with Crippen LogP contribution in [0, 0.1) is 0 Å². The van der Waals surface area contributed by atoms with Gasteiger partial charge in [0.1, 0.15) is 11.5 Å². The lowest BCUT2D eigenvalue weighted by atomic mass is 10.1. The molecule has 3 heterocycles. The number of phenols is 2. The largest absolute Gasteiger partial charge is 0.508 e. The van der Waals surface area contributed by atoms with Crippen molar-refractivity contribution in [2.45, 2.75) is 6.92 Å². The molecule has 1 aromatic carbocycles. The molecular weight excluding hydrogens is 392 g/mol. The lowest BCUT2D eigenvalue weighted by molar-refractivity contribution is 0.450. The molecule has 4 aromatic rings. The minimum absolute atomic E-state index is 0.00350. The smallest absolute Gasteiger partial charge is 0.211 e. The maximum absolute atomic E-state index is 10.2. The molecule has 0 atom stereocenters. The molecule has 4 rings (SSSR count). The van der Waals surface area contributed by atoms with Gasteiger partial charge in [0.05, 0.1) is 28.2 Å². The van der Waals surface area contributed by atoms with Crippen molar-refractivity contribution < 1.29 is 10.2 Å². The van der Waals surface area contributed by atoms with E-state index in [1.54, 1.807) is 34.5 Å². The standard InChI is InChI=1S/C20H16N4O2S2/c1-13(16-7-6-15(25)10-18(16)26)23-24-17(19-5-3-9-27-19)12-28-20(24)22-14-4-2-8-21-11-14/h2-12,25-26H,1H3. The summed E-state index contributed by atoms with van der Waals surface area (Å²) in [6, 6.07) is 12.2. The number of hydrogen-bond donors (Lipinski definition) is 2. The molecule has 28 heavy (non-hydrogen) atoms. The number of aromatic hydroxyl groups is 2. The Morgan fingerprint density at radius 3 is 2.71 bits per heavy atom. The van der Waals surface area contributed by atoms with Gasteiger partial charge in [0.15, 0.2) is 0 Å². The Bertz CT molecular complexity index is 1190. The Labute approximate surface area is 169 Å². The molecule has 0 fully saturated rings.